The van der Waals surface area contributed by atoms with E-state index in [9.17, 15) is 5.11 Å². The Labute approximate surface area is 143 Å². The summed E-state index contributed by atoms with van der Waals surface area (Å²) < 4.78 is 6.03. The monoisotopic (exact) mass is 412 g/mol. The van der Waals surface area contributed by atoms with Gasteiger partial charge in [-0.15, -0.1) is 0 Å². The number of phenolic OH excluding ortho intramolecular Hbond substituents is 1. The van der Waals surface area contributed by atoms with E-state index in [-0.39, 0.29) is 0 Å². The zero-order valence-electron chi connectivity index (χ0n) is 12.3. The van der Waals surface area contributed by atoms with Crippen molar-refractivity contribution in [2.45, 2.75) is 6.92 Å². The fraction of sp³-hybridized carbons (Fsp3) is 0.118. The largest absolute Gasteiger partial charge is 0.507 e. The number of phenols is 1. The maximum atomic E-state index is 9.62. The Hall–Kier alpha value is -2.02. The van der Waals surface area contributed by atoms with E-state index < -0.39 is 5.97 Å². The lowest BCUT2D eigenvalue weighted by atomic mass is 10.1. The lowest BCUT2D eigenvalue weighted by molar-refractivity contribution is -0.134. The van der Waals surface area contributed by atoms with Gasteiger partial charge < -0.3 is 14.9 Å². The number of rotatable bonds is 3. The lowest BCUT2D eigenvalue weighted by Crippen LogP contribution is -1.83. The van der Waals surface area contributed by atoms with E-state index in [1.54, 1.807) is 13.2 Å². The third kappa shape index (κ3) is 6.17. The Bertz CT molecular complexity index is 661. The topological polar surface area (TPSA) is 66.8 Å². The summed E-state index contributed by atoms with van der Waals surface area (Å²) >= 11 is 2.14. The van der Waals surface area contributed by atoms with Gasteiger partial charge in [0.25, 0.3) is 5.97 Å². The normalized spacial score (nSPS) is 9.95. The van der Waals surface area contributed by atoms with Gasteiger partial charge in [-0.05, 0) is 51.9 Å². The molecule has 0 atom stereocenters. The summed E-state index contributed by atoms with van der Waals surface area (Å²) in [5.41, 5.74) is 2.06. The highest BCUT2D eigenvalue weighted by molar-refractivity contribution is 14.1. The molecule has 2 N–H and O–H groups in total. The highest BCUT2D eigenvalue weighted by Gasteiger charge is 2.00. The molecule has 2 rings (SSSR count). The van der Waals surface area contributed by atoms with Gasteiger partial charge in [-0.3, -0.25) is 4.79 Å². The molecule has 22 heavy (non-hydrogen) atoms. The number of hydrogen-bond donors (Lipinski definition) is 2. The summed E-state index contributed by atoms with van der Waals surface area (Å²) in [4.78, 5) is 9.00. The van der Waals surface area contributed by atoms with Crippen LogP contribution in [0.5, 0.6) is 11.5 Å². The molecule has 0 spiro atoms. The third-order valence-electron chi connectivity index (χ3n) is 2.56. The molecule has 2 aromatic rings. The molecule has 0 radical (unpaired) electrons. The van der Waals surface area contributed by atoms with E-state index in [1.807, 2.05) is 48.6 Å². The minimum absolute atomic E-state index is 0.309. The van der Waals surface area contributed by atoms with Gasteiger partial charge in [0.05, 0.1) is 10.7 Å². The SMILES string of the molecule is CC(=O)O.COc1cccc(C=Cc2cccc(O)c2I)c1. The summed E-state index contributed by atoms with van der Waals surface area (Å²) in [5, 5.41) is 17.0. The van der Waals surface area contributed by atoms with E-state index in [0.717, 1.165) is 27.4 Å². The molecule has 0 saturated carbocycles. The maximum absolute atomic E-state index is 9.62. The van der Waals surface area contributed by atoms with Gasteiger partial charge in [-0.2, -0.15) is 0 Å². The highest BCUT2D eigenvalue weighted by atomic mass is 127. The van der Waals surface area contributed by atoms with Crippen LogP contribution >= 0.6 is 22.6 Å². The van der Waals surface area contributed by atoms with Gasteiger partial charge in [-0.1, -0.05) is 36.4 Å². The maximum Gasteiger partial charge on any atom is 0.300 e. The van der Waals surface area contributed by atoms with E-state index in [0.29, 0.717) is 5.75 Å². The first-order valence-electron chi connectivity index (χ1n) is 6.43. The number of aliphatic carboxylic acids is 1. The quantitative estimate of drug-likeness (QED) is 0.584. The van der Waals surface area contributed by atoms with E-state index in [1.165, 1.54) is 0 Å². The average Bonchev–Trinajstić information content (AvgIpc) is 2.48. The molecule has 0 aromatic heterocycles. The molecule has 0 fully saturated rings. The van der Waals surface area contributed by atoms with E-state index in [2.05, 4.69) is 22.6 Å². The first-order valence-corrected chi connectivity index (χ1v) is 7.51. The minimum Gasteiger partial charge on any atom is -0.507 e. The van der Waals surface area contributed by atoms with Gasteiger partial charge in [0.2, 0.25) is 0 Å². The van der Waals surface area contributed by atoms with Crippen molar-refractivity contribution >= 4 is 40.7 Å². The number of methoxy groups -OCH3 is 1. The lowest BCUT2D eigenvalue weighted by Gasteiger charge is -2.02. The Morgan fingerprint density at radius 1 is 1.18 bits per heavy atom. The molecule has 0 saturated heterocycles. The summed E-state index contributed by atoms with van der Waals surface area (Å²) in [6.07, 6.45) is 3.98. The molecule has 0 amide bonds. The number of ether oxygens (including phenoxy) is 1. The van der Waals surface area contributed by atoms with Crippen molar-refractivity contribution in [3.8, 4) is 11.5 Å². The number of hydrogen-bond acceptors (Lipinski definition) is 3. The van der Waals surface area contributed by atoms with Gasteiger partial charge in [0.15, 0.2) is 0 Å². The molecule has 0 aliphatic rings. The van der Waals surface area contributed by atoms with Crippen molar-refractivity contribution in [2.24, 2.45) is 0 Å². The van der Waals surface area contributed by atoms with Crippen LogP contribution in [0.15, 0.2) is 42.5 Å². The molecule has 0 bridgehead atoms. The highest BCUT2D eigenvalue weighted by Crippen LogP contribution is 2.24. The van der Waals surface area contributed by atoms with Crippen LogP contribution in [0.1, 0.15) is 18.1 Å². The van der Waals surface area contributed by atoms with Crippen LogP contribution in [-0.4, -0.2) is 23.3 Å². The van der Waals surface area contributed by atoms with Crippen molar-refractivity contribution in [1.29, 1.82) is 0 Å². The molecule has 0 heterocycles. The standard InChI is InChI=1S/C15H13IO2.C2H4O2/c1-18-13-6-2-4-11(10-13)8-9-12-5-3-7-14(17)15(12)16;1-2(3)4/h2-10,17H,1H3;1H3,(H,3,4). The molecule has 116 valence electrons. The smallest absolute Gasteiger partial charge is 0.300 e. The van der Waals surface area contributed by atoms with Crippen LogP contribution in [-0.2, 0) is 4.79 Å². The summed E-state index contributed by atoms with van der Waals surface area (Å²) in [7, 11) is 1.65. The number of halogens is 1. The van der Waals surface area contributed by atoms with Gasteiger partial charge in [0, 0.05) is 6.92 Å². The fourth-order valence-electron chi connectivity index (χ4n) is 1.60. The number of aromatic hydroxyl groups is 1. The average molecular weight is 412 g/mol. The van der Waals surface area contributed by atoms with Crippen LogP contribution in [0.2, 0.25) is 0 Å². The molecule has 0 aliphatic carbocycles. The van der Waals surface area contributed by atoms with Crippen molar-refractivity contribution < 1.29 is 19.7 Å². The molecular weight excluding hydrogens is 395 g/mol. The number of carboxylic acid groups (broad SMARTS) is 1. The van der Waals surface area contributed by atoms with Crippen LogP contribution in [0.4, 0.5) is 0 Å². The predicted molar refractivity (Wildman–Crippen MR) is 96.1 cm³/mol. The number of carbonyl (C=O) groups is 1. The van der Waals surface area contributed by atoms with Crippen molar-refractivity contribution in [1.82, 2.24) is 0 Å². The zero-order valence-corrected chi connectivity index (χ0v) is 14.4. The van der Waals surface area contributed by atoms with Crippen LogP contribution in [0, 0.1) is 3.57 Å². The van der Waals surface area contributed by atoms with Crippen molar-refractivity contribution in [3.05, 3.63) is 57.2 Å². The second-order valence-electron chi connectivity index (χ2n) is 4.31. The molecule has 0 aliphatic heterocycles. The van der Waals surface area contributed by atoms with E-state index in [4.69, 9.17) is 14.6 Å². The van der Waals surface area contributed by atoms with Crippen molar-refractivity contribution in [3.63, 3.8) is 0 Å². The van der Waals surface area contributed by atoms with Crippen LogP contribution < -0.4 is 4.74 Å². The predicted octanol–water partition coefficient (Wildman–Crippen LogP) is 4.27. The molecule has 4 nitrogen and oxygen atoms in total. The van der Waals surface area contributed by atoms with Gasteiger partial charge in [-0.25, -0.2) is 0 Å². The third-order valence-corrected chi connectivity index (χ3v) is 3.73. The summed E-state index contributed by atoms with van der Waals surface area (Å²) in [6, 6.07) is 13.3. The molecule has 2 aromatic carbocycles. The molecule has 5 heteroatoms. The molecular formula is C17H17IO4. The van der Waals surface area contributed by atoms with Crippen LogP contribution in [0.25, 0.3) is 12.2 Å². The Kier molecular flexibility index (Phi) is 7.45. The van der Waals surface area contributed by atoms with Gasteiger partial charge >= 0.3 is 0 Å². The van der Waals surface area contributed by atoms with Crippen molar-refractivity contribution in [2.75, 3.05) is 7.11 Å². The summed E-state index contributed by atoms with van der Waals surface area (Å²) in [5.74, 6) is 0.311. The summed E-state index contributed by atoms with van der Waals surface area (Å²) in [6.45, 7) is 1.08. The minimum atomic E-state index is -0.833. The van der Waals surface area contributed by atoms with E-state index >= 15 is 0 Å². The number of carboxylic acids is 1. The first-order chi connectivity index (χ1) is 10.4. The number of benzene rings is 2. The molecule has 0 unspecified atom stereocenters. The first kappa shape index (κ1) is 18.0. The van der Waals surface area contributed by atoms with Gasteiger partial charge in [0.1, 0.15) is 11.5 Å². The Morgan fingerprint density at radius 3 is 2.45 bits per heavy atom. The Balaban J connectivity index is 0.000000541. The fourth-order valence-corrected chi connectivity index (χ4v) is 2.14. The Morgan fingerprint density at radius 2 is 1.82 bits per heavy atom. The zero-order chi connectivity index (χ0) is 16.5. The van der Waals surface area contributed by atoms with Crippen LogP contribution in [0.3, 0.4) is 0 Å². The second-order valence-corrected chi connectivity index (χ2v) is 5.39. The second kappa shape index (κ2) is 9.09.